The number of rotatable bonds is 6. The van der Waals surface area contributed by atoms with Crippen LogP contribution in [0.4, 0.5) is 13.2 Å². The molecule has 1 saturated heterocycles. The molecule has 1 aliphatic rings. The number of H-pyrrole nitrogens is 1. The van der Waals surface area contributed by atoms with Crippen molar-refractivity contribution in [3.8, 4) is 0 Å². The molecule has 1 aliphatic heterocycles. The van der Waals surface area contributed by atoms with Crippen LogP contribution in [0.15, 0.2) is 24.7 Å². The fourth-order valence-electron chi connectivity index (χ4n) is 3.51. The van der Waals surface area contributed by atoms with E-state index in [4.69, 9.17) is 4.74 Å². The summed E-state index contributed by atoms with van der Waals surface area (Å²) in [4.78, 5) is 11.9. The quantitative estimate of drug-likeness (QED) is 0.487. The van der Waals surface area contributed by atoms with E-state index in [1.165, 1.54) is 0 Å². The first-order valence-corrected chi connectivity index (χ1v) is 9.77. The van der Waals surface area contributed by atoms with Crippen molar-refractivity contribution in [3.05, 3.63) is 30.4 Å². The Balaban J connectivity index is 1.42. The Morgan fingerprint density at radius 1 is 1.37 bits per heavy atom. The van der Waals surface area contributed by atoms with Gasteiger partial charge in [0.2, 0.25) is 0 Å². The lowest BCUT2D eigenvalue weighted by Gasteiger charge is -2.16. The van der Waals surface area contributed by atoms with Crippen molar-refractivity contribution in [3.63, 3.8) is 0 Å². The number of aromatic nitrogens is 4. The first-order chi connectivity index (χ1) is 12.9. The molecule has 3 aromatic heterocycles. The fourth-order valence-corrected chi connectivity index (χ4v) is 4.29. The number of imidazole rings is 1. The first kappa shape index (κ1) is 18.6. The van der Waals surface area contributed by atoms with E-state index in [9.17, 15) is 13.2 Å². The number of nitrogens with zero attached hydrogens (tertiary/aromatic N) is 3. The Morgan fingerprint density at radius 2 is 2.22 bits per heavy atom. The standard InChI is InChI=1S/C17H20F3N5OS/c1-10-6-11(7-24-27-5-3-17(18,19)20)26-15(10)13-8-22-14-9-23-16-12(25(13)14)2-4-21-16/h2,4,8-11,15,21,24H,3,5-7H2,1H3. The molecule has 3 unspecified atom stereocenters. The smallest absolute Gasteiger partial charge is 0.367 e. The molecule has 0 amide bonds. The van der Waals surface area contributed by atoms with Crippen molar-refractivity contribution in [2.75, 3.05) is 12.3 Å². The van der Waals surface area contributed by atoms with Gasteiger partial charge in [0.05, 0.1) is 36.1 Å². The highest BCUT2D eigenvalue weighted by atomic mass is 32.2. The topological polar surface area (TPSA) is 67.2 Å². The lowest BCUT2D eigenvalue weighted by atomic mass is 10.00. The number of alkyl halides is 3. The second-order valence-electron chi connectivity index (χ2n) is 6.80. The van der Waals surface area contributed by atoms with Gasteiger partial charge in [0.1, 0.15) is 6.10 Å². The average Bonchev–Trinajstić information content (AvgIpc) is 3.30. The second kappa shape index (κ2) is 7.33. The van der Waals surface area contributed by atoms with Gasteiger partial charge in [-0.25, -0.2) is 9.97 Å². The Bertz CT molecular complexity index is 924. The molecule has 1 fully saturated rings. The van der Waals surface area contributed by atoms with E-state index >= 15 is 0 Å². The fraction of sp³-hybridized carbons (Fsp3) is 0.529. The van der Waals surface area contributed by atoms with Gasteiger partial charge in [-0.2, -0.15) is 13.2 Å². The third-order valence-electron chi connectivity index (χ3n) is 4.75. The highest BCUT2D eigenvalue weighted by Crippen LogP contribution is 2.38. The molecule has 2 N–H and O–H groups in total. The highest BCUT2D eigenvalue weighted by molar-refractivity contribution is 7.97. The predicted octanol–water partition coefficient (Wildman–Crippen LogP) is 3.87. The Kier molecular flexibility index (Phi) is 5.04. The van der Waals surface area contributed by atoms with E-state index in [0.717, 1.165) is 40.9 Å². The molecule has 6 nitrogen and oxygen atoms in total. The van der Waals surface area contributed by atoms with Gasteiger partial charge in [-0.1, -0.05) is 18.9 Å². The van der Waals surface area contributed by atoms with E-state index < -0.39 is 12.6 Å². The van der Waals surface area contributed by atoms with Gasteiger partial charge in [-0.3, -0.25) is 9.12 Å². The van der Waals surface area contributed by atoms with Gasteiger partial charge in [-0.15, -0.1) is 0 Å². The molecule has 27 heavy (non-hydrogen) atoms. The summed E-state index contributed by atoms with van der Waals surface area (Å²) in [5.74, 6) is 0.278. The Morgan fingerprint density at radius 3 is 3.04 bits per heavy atom. The average molecular weight is 399 g/mol. The van der Waals surface area contributed by atoms with Crippen LogP contribution in [0.3, 0.4) is 0 Å². The van der Waals surface area contributed by atoms with Crippen molar-refractivity contribution >= 4 is 28.8 Å². The summed E-state index contributed by atoms with van der Waals surface area (Å²) in [5, 5.41) is 0. The Labute approximate surface area is 158 Å². The predicted molar refractivity (Wildman–Crippen MR) is 97.4 cm³/mol. The number of halogens is 3. The zero-order valence-electron chi connectivity index (χ0n) is 14.7. The number of hydrogen-bond donors (Lipinski definition) is 2. The molecule has 0 radical (unpaired) electrons. The van der Waals surface area contributed by atoms with Crippen molar-refractivity contribution in [1.29, 1.82) is 0 Å². The molecule has 146 valence electrons. The minimum Gasteiger partial charge on any atom is -0.367 e. The third kappa shape index (κ3) is 3.92. The van der Waals surface area contributed by atoms with Crippen LogP contribution in [0.25, 0.3) is 16.8 Å². The van der Waals surface area contributed by atoms with Crippen molar-refractivity contribution in [2.45, 2.75) is 38.1 Å². The molecule has 3 aromatic rings. The number of nitrogens with one attached hydrogen (secondary N) is 2. The lowest BCUT2D eigenvalue weighted by molar-refractivity contribution is -0.129. The highest BCUT2D eigenvalue weighted by Gasteiger charge is 2.35. The van der Waals surface area contributed by atoms with Crippen LogP contribution in [0.5, 0.6) is 0 Å². The molecule has 0 bridgehead atoms. The van der Waals surface area contributed by atoms with E-state index in [1.807, 2.05) is 22.9 Å². The molecule has 4 heterocycles. The normalized spacial score (nSPS) is 23.6. The maximum atomic E-state index is 12.2. The number of ether oxygens (including phenoxy) is 1. The number of aromatic amines is 1. The lowest BCUT2D eigenvalue weighted by Crippen LogP contribution is -2.22. The van der Waals surface area contributed by atoms with Crippen LogP contribution in [0, 0.1) is 5.92 Å². The van der Waals surface area contributed by atoms with Crippen LogP contribution < -0.4 is 4.72 Å². The third-order valence-corrected chi connectivity index (χ3v) is 5.53. The second-order valence-corrected chi connectivity index (χ2v) is 7.79. The van der Waals surface area contributed by atoms with Crippen molar-refractivity contribution in [1.82, 2.24) is 24.1 Å². The monoisotopic (exact) mass is 399 g/mol. The van der Waals surface area contributed by atoms with Gasteiger partial charge in [0.15, 0.2) is 11.3 Å². The molecule has 0 aliphatic carbocycles. The maximum Gasteiger partial charge on any atom is 0.389 e. The van der Waals surface area contributed by atoms with Gasteiger partial charge in [0.25, 0.3) is 0 Å². The van der Waals surface area contributed by atoms with Gasteiger partial charge in [-0.05, 0) is 18.4 Å². The number of hydrogen-bond acceptors (Lipinski definition) is 5. The summed E-state index contributed by atoms with van der Waals surface area (Å²) in [5.41, 5.74) is 3.46. The maximum absolute atomic E-state index is 12.2. The minimum atomic E-state index is -4.11. The molecule has 0 saturated carbocycles. The molecule has 0 aromatic carbocycles. The summed E-state index contributed by atoms with van der Waals surface area (Å²) in [6.45, 7) is 2.64. The number of fused-ring (bicyclic) bond motifs is 3. The largest absolute Gasteiger partial charge is 0.389 e. The van der Waals surface area contributed by atoms with Crippen LogP contribution in [-0.2, 0) is 4.74 Å². The van der Waals surface area contributed by atoms with Crippen molar-refractivity contribution in [2.24, 2.45) is 5.92 Å². The summed E-state index contributed by atoms with van der Waals surface area (Å²) in [6, 6.07) is 1.95. The zero-order chi connectivity index (χ0) is 19.0. The van der Waals surface area contributed by atoms with E-state index in [0.29, 0.717) is 6.54 Å². The van der Waals surface area contributed by atoms with Crippen LogP contribution in [0.1, 0.15) is 31.6 Å². The summed E-state index contributed by atoms with van der Waals surface area (Å²) < 4.78 is 47.8. The molecular weight excluding hydrogens is 379 g/mol. The van der Waals surface area contributed by atoms with E-state index in [2.05, 4.69) is 26.6 Å². The van der Waals surface area contributed by atoms with Gasteiger partial charge >= 0.3 is 6.18 Å². The van der Waals surface area contributed by atoms with Crippen molar-refractivity contribution < 1.29 is 17.9 Å². The summed E-state index contributed by atoms with van der Waals surface area (Å²) in [7, 11) is 0. The summed E-state index contributed by atoms with van der Waals surface area (Å²) >= 11 is 1.09. The van der Waals surface area contributed by atoms with Crippen LogP contribution >= 0.6 is 11.9 Å². The molecular formula is C17H20F3N5OS. The summed E-state index contributed by atoms with van der Waals surface area (Å²) in [6.07, 6.45) is 1.15. The first-order valence-electron chi connectivity index (χ1n) is 8.78. The van der Waals surface area contributed by atoms with E-state index in [1.54, 1.807) is 6.20 Å². The molecule has 3 atom stereocenters. The molecule has 4 rings (SSSR count). The van der Waals surface area contributed by atoms with Gasteiger partial charge in [0, 0.05) is 18.5 Å². The van der Waals surface area contributed by atoms with Crippen LogP contribution in [0.2, 0.25) is 0 Å². The molecule has 0 spiro atoms. The SMILES string of the molecule is CC1CC(CNSCCC(F)(F)F)OC1c1cnc2cnc3[nH]ccc3n12. The van der Waals surface area contributed by atoms with E-state index in [-0.39, 0.29) is 23.9 Å². The minimum absolute atomic E-state index is 0.000926. The zero-order valence-corrected chi connectivity index (χ0v) is 15.5. The van der Waals surface area contributed by atoms with Gasteiger partial charge < -0.3 is 9.72 Å². The Hall–Kier alpha value is -1.78. The molecule has 10 heteroatoms. The van der Waals surface area contributed by atoms with Crippen LogP contribution in [-0.4, -0.2) is 43.9 Å².